The summed E-state index contributed by atoms with van der Waals surface area (Å²) in [4.78, 5) is 11.6. The van der Waals surface area contributed by atoms with E-state index in [4.69, 9.17) is 5.73 Å². The Hall–Kier alpha value is -1.20. The van der Waals surface area contributed by atoms with Crippen LogP contribution in [0.25, 0.3) is 0 Å². The Morgan fingerprint density at radius 2 is 1.94 bits per heavy atom. The van der Waals surface area contributed by atoms with Crippen LogP contribution in [0.4, 0.5) is 5.69 Å². The summed E-state index contributed by atoms with van der Waals surface area (Å²) in [6, 6.07) is 9.09. The number of anilines is 1. The lowest BCUT2D eigenvalue weighted by molar-refractivity contribution is -0.113. The van der Waals surface area contributed by atoms with E-state index in [1.165, 1.54) is 0 Å². The minimum atomic E-state index is -1.23. The van der Waals surface area contributed by atoms with Crippen molar-refractivity contribution in [2.75, 3.05) is 16.8 Å². The van der Waals surface area contributed by atoms with Gasteiger partial charge in [-0.25, -0.2) is 0 Å². The fraction of sp³-hybridized carbons (Fsp3) is 0.417. The van der Waals surface area contributed by atoms with Crippen molar-refractivity contribution >= 4 is 22.4 Å². The highest BCUT2D eigenvalue weighted by Crippen LogP contribution is 2.05. The molecular weight excluding hydrogens is 236 g/mol. The highest BCUT2D eigenvalue weighted by molar-refractivity contribution is 7.85. The Morgan fingerprint density at radius 3 is 2.47 bits per heavy atom. The predicted molar refractivity (Wildman–Crippen MR) is 71.2 cm³/mol. The van der Waals surface area contributed by atoms with Gasteiger partial charge in [0.2, 0.25) is 5.91 Å². The van der Waals surface area contributed by atoms with Crippen molar-refractivity contribution in [1.82, 2.24) is 0 Å². The van der Waals surface area contributed by atoms with Crippen LogP contribution in [0.1, 0.15) is 13.8 Å². The molecule has 0 aliphatic heterocycles. The maximum Gasteiger partial charge on any atom is 0.236 e. The van der Waals surface area contributed by atoms with Gasteiger partial charge in [-0.05, 0) is 26.0 Å². The van der Waals surface area contributed by atoms with Gasteiger partial charge in [-0.2, -0.15) is 0 Å². The van der Waals surface area contributed by atoms with Crippen molar-refractivity contribution in [3.8, 4) is 0 Å². The maximum absolute atomic E-state index is 11.6. The first-order valence-electron chi connectivity index (χ1n) is 5.35. The van der Waals surface area contributed by atoms with Gasteiger partial charge in [0.1, 0.15) is 5.75 Å². The molecule has 5 heteroatoms. The molecule has 0 aliphatic carbocycles. The van der Waals surface area contributed by atoms with E-state index in [1.807, 2.05) is 18.2 Å². The van der Waals surface area contributed by atoms with E-state index in [0.717, 1.165) is 0 Å². The first-order valence-corrected chi connectivity index (χ1v) is 6.84. The topological polar surface area (TPSA) is 72.2 Å². The van der Waals surface area contributed by atoms with E-state index in [2.05, 4.69) is 5.32 Å². The molecule has 1 aromatic rings. The van der Waals surface area contributed by atoms with Gasteiger partial charge in [0.15, 0.2) is 0 Å². The fourth-order valence-electron chi connectivity index (χ4n) is 1.33. The van der Waals surface area contributed by atoms with E-state index in [-0.39, 0.29) is 11.7 Å². The highest BCUT2D eigenvalue weighted by atomic mass is 32.2. The Bertz CT molecular complexity index is 399. The summed E-state index contributed by atoms with van der Waals surface area (Å²) >= 11 is 0. The van der Waals surface area contributed by atoms with Crippen molar-refractivity contribution in [3.63, 3.8) is 0 Å². The molecule has 0 aliphatic rings. The second-order valence-corrected chi connectivity index (χ2v) is 6.09. The largest absolute Gasteiger partial charge is 0.325 e. The number of nitrogens with two attached hydrogens (primary N) is 1. The smallest absolute Gasteiger partial charge is 0.236 e. The highest BCUT2D eigenvalue weighted by Gasteiger charge is 2.17. The molecule has 1 amide bonds. The second kappa shape index (κ2) is 5.93. The summed E-state index contributed by atoms with van der Waals surface area (Å²) in [6.45, 7) is 3.58. The van der Waals surface area contributed by atoms with Crippen LogP contribution in [-0.4, -0.2) is 27.2 Å². The monoisotopic (exact) mass is 254 g/mol. The molecule has 1 rings (SSSR count). The Morgan fingerprint density at radius 1 is 1.35 bits per heavy atom. The van der Waals surface area contributed by atoms with E-state index >= 15 is 0 Å². The van der Waals surface area contributed by atoms with Crippen LogP contribution < -0.4 is 11.1 Å². The van der Waals surface area contributed by atoms with Gasteiger partial charge >= 0.3 is 0 Å². The molecule has 94 valence electrons. The van der Waals surface area contributed by atoms with Gasteiger partial charge in [0.05, 0.1) is 0 Å². The van der Waals surface area contributed by atoms with Crippen LogP contribution in [0.2, 0.25) is 0 Å². The first kappa shape index (κ1) is 13.9. The summed E-state index contributed by atoms with van der Waals surface area (Å²) in [5.41, 5.74) is 5.93. The molecule has 0 saturated heterocycles. The summed E-state index contributed by atoms with van der Waals surface area (Å²) < 4.78 is 11.6. The van der Waals surface area contributed by atoms with E-state index in [9.17, 15) is 9.00 Å². The van der Waals surface area contributed by atoms with Crippen molar-refractivity contribution in [2.24, 2.45) is 5.73 Å². The maximum atomic E-state index is 11.6. The van der Waals surface area contributed by atoms with Crippen LogP contribution in [0.3, 0.4) is 0 Å². The lowest BCUT2D eigenvalue weighted by Gasteiger charge is -2.17. The van der Waals surface area contributed by atoms with Crippen LogP contribution in [-0.2, 0) is 15.6 Å². The molecule has 0 aromatic heterocycles. The number of hydrogen-bond donors (Lipinski definition) is 2. The van der Waals surface area contributed by atoms with Gasteiger partial charge in [-0.3, -0.25) is 9.00 Å². The normalized spacial score (nSPS) is 13.1. The molecule has 1 aromatic carbocycles. The minimum Gasteiger partial charge on any atom is -0.325 e. The van der Waals surface area contributed by atoms with Gasteiger partial charge in [-0.15, -0.1) is 0 Å². The summed E-state index contributed by atoms with van der Waals surface area (Å²) in [5, 5.41) is 2.69. The number of para-hydroxylation sites is 1. The minimum absolute atomic E-state index is 0.0183. The van der Waals surface area contributed by atoms with Crippen molar-refractivity contribution < 1.29 is 9.00 Å². The zero-order valence-electron chi connectivity index (χ0n) is 10.1. The van der Waals surface area contributed by atoms with E-state index in [0.29, 0.717) is 11.4 Å². The number of carbonyl (C=O) groups is 1. The third-order valence-electron chi connectivity index (χ3n) is 1.88. The van der Waals surface area contributed by atoms with Gasteiger partial charge in [-0.1, -0.05) is 18.2 Å². The Labute approximate surface area is 104 Å². The molecule has 4 nitrogen and oxygen atoms in total. The molecule has 0 bridgehead atoms. The molecule has 3 N–H and O–H groups in total. The van der Waals surface area contributed by atoms with Crippen LogP contribution in [0.5, 0.6) is 0 Å². The number of rotatable bonds is 5. The Balaban J connectivity index is 2.43. The number of hydrogen-bond acceptors (Lipinski definition) is 3. The quantitative estimate of drug-likeness (QED) is 0.827. The molecule has 1 atom stereocenters. The van der Waals surface area contributed by atoms with Crippen molar-refractivity contribution in [2.45, 2.75) is 19.4 Å². The van der Waals surface area contributed by atoms with E-state index in [1.54, 1.807) is 26.0 Å². The van der Waals surface area contributed by atoms with E-state index < -0.39 is 16.3 Å². The van der Waals surface area contributed by atoms with Gasteiger partial charge in [0.25, 0.3) is 0 Å². The number of amides is 1. The summed E-state index contributed by atoms with van der Waals surface area (Å²) in [5.74, 6) is 0.0452. The molecule has 0 spiro atoms. The molecule has 0 saturated carbocycles. The van der Waals surface area contributed by atoms with Crippen molar-refractivity contribution in [3.05, 3.63) is 30.3 Å². The lowest BCUT2D eigenvalue weighted by Crippen LogP contribution is -2.39. The SMILES string of the molecule is CC(C)(N)CS(=O)CC(=O)Nc1ccccc1. The van der Waals surface area contributed by atoms with Crippen molar-refractivity contribution in [1.29, 1.82) is 0 Å². The number of carbonyl (C=O) groups excluding carboxylic acids is 1. The van der Waals surface area contributed by atoms with Crippen LogP contribution >= 0.6 is 0 Å². The average molecular weight is 254 g/mol. The lowest BCUT2D eigenvalue weighted by atomic mass is 10.1. The summed E-state index contributed by atoms with van der Waals surface area (Å²) in [7, 11) is -1.23. The Kier molecular flexibility index (Phi) is 4.84. The molecule has 17 heavy (non-hydrogen) atoms. The van der Waals surface area contributed by atoms with Crippen LogP contribution in [0, 0.1) is 0 Å². The third-order valence-corrected chi connectivity index (χ3v) is 3.53. The predicted octanol–water partition coefficient (Wildman–Crippen LogP) is 1.11. The first-order chi connectivity index (χ1) is 7.87. The molecular formula is C12H18N2O2S. The average Bonchev–Trinajstić information content (AvgIpc) is 2.15. The fourth-order valence-corrected chi connectivity index (χ4v) is 2.63. The van der Waals surface area contributed by atoms with Gasteiger partial charge in [0, 0.05) is 27.8 Å². The zero-order valence-corrected chi connectivity index (χ0v) is 10.9. The third kappa shape index (κ3) is 6.19. The summed E-state index contributed by atoms with van der Waals surface area (Å²) in [6.07, 6.45) is 0. The number of nitrogens with one attached hydrogen (secondary N) is 1. The van der Waals surface area contributed by atoms with Gasteiger partial charge < -0.3 is 11.1 Å². The molecule has 0 heterocycles. The molecule has 1 unspecified atom stereocenters. The number of benzene rings is 1. The molecule has 0 fully saturated rings. The standard InChI is InChI=1S/C12H18N2O2S/c1-12(2,13)9-17(16)8-11(15)14-10-6-4-3-5-7-10/h3-7H,8-9,13H2,1-2H3,(H,14,15). The zero-order chi connectivity index (χ0) is 12.9. The van der Waals surface area contributed by atoms with Crippen LogP contribution in [0.15, 0.2) is 30.3 Å². The second-order valence-electron chi connectivity index (χ2n) is 4.63. The molecule has 0 radical (unpaired) electrons.